The monoisotopic (exact) mass is 225 g/mol. The van der Waals surface area contributed by atoms with E-state index in [1.165, 1.54) is 0 Å². The van der Waals surface area contributed by atoms with Crippen molar-refractivity contribution < 1.29 is 23.1 Å². The predicted molar refractivity (Wildman–Crippen MR) is 47.5 cm³/mol. The third-order valence-electron chi connectivity index (χ3n) is 2.74. The van der Waals surface area contributed by atoms with Crippen LogP contribution in [0.4, 0.5) is 13.2 Å². The van der Waals surface area contributed by atoms with E-state index in [1.54, 1.807) is 0 Å². The van der Waals surface area contributed by atoms with E-state index in [1.807, 2.05) is 0 Å². The molecule has 0 aromatic carbocycles. The zero-order valence-corrected chi connectivity index (χ0v) is 8.23. The molecule has 0 atom stereocenters. The van der Waals surface area contributed by atoms with Crippen LogP contribution >= 0.6 is 0 Å². The molecule has 0 saturated heterocycles. The first-order chi connectivity index (χ1) is 6.86. The molecular formula is C9H14F3NO2. The molecule has 0 spiro atoms. The van der Waals surface area contributed by atoms with E-state index in [9.17, 15) is 18.0 Å². The van der Waals surface area contributed by atoms with Crippen LogP contribution in [-0.4, -0.2) is 29.3 Å². The first-order valence-electron chi connectivity index (χ1n) is 4.91. The van der Waals surface area contributed by atoms with Crippen LogP contribution in [-0.2, 0) is 4.79 Å². The highest BCUT2D eigenvalue weighted by Crippen LogP contribution is 2.29. The fraction of sp³-hybridized carbons (Fsp3) is 0.889. The minimum absolute atomic E-state index is 0.276. The molecule has 2 N–H and O–H groups in total. The second-order valence-corrected chi connectivity index (χ2v) is 3.92. The molecule has 0 unspecified atom stereocenters. The number of carboxylic acid groups (broad SMARTS) is 1. The van der Waals surface area contributed by atoms with Crippen LogP contribution in [0.5, 0.6) is 0 Å². The molecule has 88 valence electrons. The summed E-state index contributed by atoms with van der Waals surface area (Å²) < 4.78 is 36.0. The molecule has 0 amide bonds. The molecule has 1 aliphatic carbocycles. The van der Waals surface area contributed by atoms with Crippen molar-refractivity contribution in [1.29, 1.82) is 0 Å². The van der Waals surface area contributed by atoms with Gasteiger partial charge in [-0.3, -0.25) is 10.1 Å². The topological polar surface area (TPSA) is 49.3 Å². The smallest absolute Gasteiger partial charge is 0.401 e. The molecule has 3 nitrogen and oxygen atoms in total. The Balaban J connectivity index is 2.61. The van der Waals surface area contributed by atoms with Gasteiger partial charge in [-0.15, -0.1) is 0 Å². The number of aliphatic carboxylic acids is 1. The molecule has 0 radical (unpaired) electrons. The first kappa shape index (κ1) is 12.3. The van der Waals surface area contributed by atoms with Crippen LogP contribution < -0.4 is 5.32 Å². The first-order valence-corrected chi connectivity index (χ1v) is 4.91. The summed E-state index contributed by atoms with van der Waals surface area (Å²) in [5.41, 5.74) is -1.37. The summed E-state index contributed by atoms with van der Waals surface area (Å²) in [6.07, 6.45) is -1.59. The van der Waals surface area contributed by atoms with Crippen LogP contribution in [0.2, 0.25) is 0 Å². The Morgan fingerprint density at radius 3 is 2.20 bits per heavy atom. The van der Waals surface area contributed by atoms with Crippen LogP contribution in [0.25, 0.3) is 0 Å². The number of halogens is 3. The summed E-state index contributed by atoms with van der Waals surface area (Å²) >= 11 is 0. The Bertz CT molecular complexity index is 234. The molecular weight excluding hydrogens is 211 g/mol. The fourth-order valence-corrected chi connectivity index (χ4v) is 1.89. The highest BCUT2D eigenvalue weighted by atomic mass is 19.4. The zero-order chi connectivity index (χ0) is 11.5. The summed E-state index contributed by atoms with van der Waals surface area (Å²) in [7, 11) is 0. The van der Waals surface area contributed by atoms with Crippen molar-refractivity contribution >= 4 is 5.97 Å². The Kier molecular flexibility index (Phi) is 3.59. The Hall–Kier alpha value is -0.780. The van der Waals surface area contributed by atoms with Crippen molar-refractivity contribution in [1.82, 2.24) is 5.32 Å². The maximum Gasteiger partial charge on any atom is 0.401 e. The van der Waals surface area contributed by atoms with Gasteiger partial charge in [-0.1, -0.05) is 19.3 Å². The van der Waals surface area contributed by atoms with Crippen molar-refractivity contribution in [2.75, 3.05) is 6.54 Å². The van der Waals surface area contributed by atoms with Gasteiger partial charge in [0.15, 0.2) is 0 Å². The standard InChI is InChI=1S/C9H14F3NO2/c10-9(11,12)6-13-8(7(14)15)4-2-1-3-5-8/h13H,1-6H2,(H,14,15). The zero-order valence-electron chi connectivity index (χ0n) is 8.23. The van der Waals surface area contributed by atoms with Gasteiger partial charge >= 0.3 is 12.1 Å². The Morgan fingerprint density at radius 2 is 1.80 bits per heavy atom. The van der Waals surface area contributed by atoms with Crippen molar-refractivity contribution in [3.63, 3.8) is 0 Å². The van der Waals surface area contributed by atoms with Crippen molar-refractivity contribution in [3.8, 4) is 0 Å². The SMILES string of the molecule is O=C(O)C1(NCC(F)(F)F)CCCCC1. The van der Waals surface area contributed by atoms with E-state index < -0.39 is 24.2 Å². The van der Waals surface area contributed by atoms with Crippen molar-refractivity contribution in [2.45, 2.75) is 43.8 Å². The Morgan fingerprint density at radius 1 is 1.27 bits per heavy atom. The molecule has 1 rings (SSSR count). The van der Waals surface area contributed by atoms with Crippen LogP contribution in [0.1, 0.15) is 32.1 Å². The number of carbonyl (C=O) groups is 1. The minimum Gasteiger partial charge on any atom is -0.480 e. The van der Waals surface area contributed by atoms with Gasteiger partial charge in [0, 0.05) is 0 Å². The molecule has 1 aliphatic rings. The van der Waals surface area contributed by atoms with Gasteiger partial charge in [0.05, 0.1) is 6.54 Å². The molecule has 0 bridgehead atoms. The Labute approximate surface area is 85.7 Å². The number of alkyl halides is 3. The van der Waals surface area contributed by atoms with E-state index in [0.717, 1.165) is 6.42 Å². The van der Waals surface area contributed by atoms with Crippen molar-refractivity contribution in [3.05, 3.63) is 0 Å². The fourth-order valence-electron chi connectivity index (χ4n) is 1.89. The lowest BCUT2D eigenvalue weighted by Gasteiger charge is -2.34. The third kappa shape index (κ3) is 3.37. The van der Waals surface area contributed by atoms with E-state index in [2.05, 4.69) is 5.32 Å². The number of nitrogens with one attached hydrogen (secondary N) is 1. The van der Waals surface area contributed by atoms with E-state index >= 15 is 0 Å². The summed E-state index contributed by atoms with van der Waals surface area (Å²) in [5.74, 6) is -1.17. The van der Waals surface area contributed by atoms with E-state index in [4.69, 9.17) is 5.11 Å². The number of carboxylic acids is 1. The summed E-state index contributed by atoms with van der Waals surface area (Å²) in [5, 5.41) is 11.1. The molecule has 1 fully saturated rings. The van der Waals surface area contributed by atoms with Gasteiger partial charge in [0.2, 0.25) is 0 Å². The van der Waals surface area contributed by atoms with E-state index in [0.29, 0.717) is 12.8 Å². The average molecular weight is 225 g/mol. The van der Waals surface area contributed by atoms with Gasteiger partial charge in [-0.2, -0.15) is 13.2 Å². The maximum absolute atomic E-state index is 12.0. The van der Waals surface area contributed by atoms with Crippen LogP contribution in [0.3, 0.4) is 0 Å². The van der Waals surface area contributed by atoms with Crippen LogP contribution in [0, 0.1) is 0 Å². The second-order valence-electron chi connectivity index (χ2n) is 3.92. The van der Waals surface area contributed by atoms with Crippen LogP contribution in [0.15, 0.2) is 0 Å². The second kappa shape index (κ2) is 4.38. The van der Waals surface area contributed by atoms with Gasteiger partial charge in [-0.05, 0) is 12.8 Å². The normalized spacial score (nSPS) is 21.3. The van der Waals surface area contributed by atoms with Gasteiger partial charge in [-0.25, -0.2) is 0 Å². The summed E-state index contributed by atoms with van der Waals surface area (Å²) in [4.78, 5) is 11.0. The lowest BCUT2D eigenvalue weighted by molar-refractivity contribution is -0.152. The average Bonchev–Trinajstić information content (AvgIpc) is 2.15. The largest absolute Gasteiger partial charge is 0.480 e. The molecule has 6 heteroatoms. The third-order valence-corrected chi connectivity index (χ3v) is 2.74. The van der Waals surface area contributed by atoms with Gasteiger partial charge in [0.1, 0.15) is 5.54 Å². The minimum atomic E-state index is -4.36. The highest BCUT2D eigenvalue weighted by molar-refractivity contribution is 5.78. The lowest BCUT2D eigenvalue weighted by atomic mass is 9.81. The van der Waals surface area contributed by atoms with Crippen molar-refractivity contribution in [2.24, 2.45) is 0 Å². The highest BCUT2D eigenvalue weighted by Gasteiger charge is 2.42. The quantitative estimate of drug-likeness (QED) is 0.771. The molecule has 0 heterocycles. The van der Waals surface area contributed by atoms with Gasteiger partial charge in [0.25, 0.3) is 0 Å². The van der Waals surface area contributed by atoms with E-state index in [-0.39, 0.29) is 12.8 Å². The summed E-state index contributed by atoms with van der Waals surface area (Å²) in [6, 6.07) is 0. The molecule has 0 aromatic rings. The molecule has 1 saturated carbocycles. The molecule has 15 heavy (non-hydrogen) atoms. The molecule has 0 aliphatic heterocycles. The number of rotatable bonds is 3. The van der Waals surface area contributed by atoms with Gasteiger partial charge < -0.3 is 5.11 Å². The summed E-state index contributed by atoms with van der Waals surface area (Å²) in [6.45, 7) is -1.24. The lowest BCUT2D eigenvalue weighted by Crippen LogP contribution is -2.55. The number of hydrogen-bond donors (Lipinski definition) is 2. The predicted octanol–water partition coefficient (Wildman–Crippen LogP) is 1.93. The maximum atomic E-state index is 12.0. The molecule has 0 aromatic heterocycles. The number of hydrogen-bond acceptors (Lipinski definition) is 2.